The van der Waals surface area contributed by atoms with Crippen molar-refractivity contribution in [2.75, 3.05) is 0 Å². The van der Waals surface area contributed by atoms with Gasteiger partial charge in [-0.25, -0.2) is 4.39 Å². The minimum Gasteiger partial charge on any atom is -0.310 e. The van der Waals surface area contributed by atoms with E-state index in [1.54, 1.807) is 12.1 Å². The van der Waals surface area contributed by atoms with Crippen LogP contribution in [0.2, 0.25) is 5.02 Å². The van der Waals surface area contributed by atoms with Gasteiger partial charge in [0, 0.05) is 22.1 Å². The molecule has 1 saturated carbocycles. The molecule has 2 aromatic rings. The van der Waals surface area contributed by atoms with Gasteiger partial charge >= 0.3 is 0 Å². The highest BCUT2D eigenvalue weighted by Crippen LogP contribution is 2.37. The van der Waals surface area contributed by atoms with Crippen LogP contribution in [0.1, 0.15) is 29.9 Å². The summed E-state index contributed by atoms with van der Waals surface area (Å²) in [6.07, 6.45) is 2.24. The third-order valence-electron chi connectivity index (χ3n) is 4.07. The zero-order valence-electron chi connectivity index (χ0n) is 11.5. The molecule has 0 aromatic heterocycles. The summed E-state index contributed by atoms with van der Waals surface area (Å²) in [5.41, 5.74) is 2.31. The van der Waals surface area contributed by atoms with Crippen molar-refractivity contribution in [3.8, 4) is 0 Å². The number of rotatable bonds is 4. The van der Waals surface area contributed by atoms with Gasteiger partial charge in [-0.3, -0.25) is 0 Å². The summed E-state index contributed by atoms with van der Waals surface area (Å²) in [7, 11) is 0. The van der Waals surface area contributed by atoms with Crippen LogP contribution >= 0.6 is 27.5 Å². The second-order valence-electron chi connectivity index (χ2n) is 5.53. The van der Waals surface area contributed by atoms with Gasteiger partial charge in [-0.15, -0.1) is 0 Å². The third kappa shape index (κ3) is 3.65. The maximum atomic E-state index is 13.2. The van der Waals surface area contributed by atoms with E-state index in [1.807, 2.05) is 12.1 Å². The molecule has 1 aliphatic carbocycles. The Hall–Kier alpha value is -0.900. The van der Waals surface area contributed by atoms with Crippen molar-refractivity contribution in [2.45, 2.75) is 31.3 Å². The van der Waals surface area contributed by atoms with Crippen LogP contribution in [0.3, 0.4) is 0 Å². The standard InChI is InChI=1S/C17H16BrClFN/c18-17-6-5-15(20)7-13(17)10-21-16-8-12(9-16)11-1-3-14(19)4-2-11/h1-7,12,16,21H,8-10H2. The molecule has 0 unspecified atom stereocenters. The normalized spacial score (nSPS) is 21.1. The predicted octanol–water partition coefficient (Wildman–Crippen LogP) is 5.28. The van der Waals surface area contributed by atoms with Crippen LogP contribution in [-0.4, -0.2) is 6.04 Å². The lowest BCUT2D eigenvalue weighted by Crippen LogP contribution is -2.39. The first-order valence-corrected chi connectivity index (χ1v) is 8.21. The Labute approximate surface area is 137 Å². The van der Waals surface area contributed by atoms with Gasteiger partial charge in [-0.2, -0.15) is 0 Å². The van der Waals surface area contributed by atoms with Crippen LogP contribution in [0.25, 0.3) is 0 Å². The third-order valence-corrected chi connectivity index (χ3v) is 5.09. The van der Waals surface area contributed by atoms with Gasteiger partial charge in [0.05, 0.1) is 0 Å². The van der Waals surface area contributed by atoms with Crippen LogP contribution in [0.15, 0.2) is 46.9 Å². The van der Waals surface area contributed by atoms with Crippen molar-refractivity contribution in [1.29, 1.82) is 0 Å². The van der Waals surface area contributed by atoms with Gasteiger partial charge in [0.1, 0.15) is 5.82 Å². The molecule has 3 rings (SSSR count). The van der Waals surface area contributed by atoms with E-state index in [2.05, 4.69) is 33.4 Å². The van der Waals surface area contributed by atoms with Crippen molar-refractivity contribution in [2.24, 2.45) is 0 Å². The smallest absolute Gasteiger partial charge is 0.123 e. The van der Waals surface area contributed by atoms with E-state index in [9.17, 15) is 4.39 Å². The molecule has 0 saturated heterocycles. The monoisotopic (exact) mass is 367 g/mol. The molecule has 1 fully saturated rings. The fraction of sp³-hybridized carbons (Fsp3) is 0.294. The van der Waals surface area contributed by atoms with E-state index < -0.39 is 0 Å². The molecule has 4 heteroatoms. The van der Waals surface area contributed by atoms with Gasteiger partial charge in [-0.05, 0) is 60.2 Å². The molecular formula is C17H16BrClFN. The lowest BCUT2D eigenvalue weighted by molar-refractivity contribution is 0.289. The molecule has 1 N–H and O–H groups in total. The average molecular weight is 369 g/mol. The summed E-state index contributed by atoms with van der Waals surface area (Å²) >= 11 is 9.36. The zero-order chi connectivity index (χ0) is 14.8. The quantitative estimate of drug-likeness (QED) is 0.774. The number of hydrogen-bond donors (Lipinski definition) is 1. The first-order valence-electron chi connectivity index (χ1n) is 7.04. The second-order valence-corrected chi connectivity index (χ2v) is 6.82. The van der Waals surface area contributed by atoms with Gasteiger partial charge in [0.2, 0.25) is 0 Å². The lowest BCUT2D eigenvalue weighted by Gasteiger charge is -2.36. The van der Waals surface area contributed by atoms with E-state index in [0.29, 0.717) is 18.5 Å². The van der Waals surface area contributed by atoms with E-state index in [1.165, 1.54) is 11.6 Å². The highest BCUT2D eigenvalue weighted by Gasteiger charge is 2.29. The molecule has 110 valence electrons. The Balaban J connectivity index is 1.51. The summed E-state index contributed by atoms with van der Waals surface area (Å²) in [6.45, 7) is 0.691. The topological polar surface area (TPSA) is 12.0 Å². The average Bonchev–Trinajstić information content (AvgIpc) is 2.42. The van der Waals surface area contributed by atoms with Crippen molar-refractivity contribution < 1.29 is 4.39 Å². The van der Waals surface area contributed by atoms with Crippen LogP contribution in [0.4, 0.5) is 4.39 Å². The molecule has 0 amide bonds. The van der Waals surface area contributed by atoms with Crippen LogP contribution in [0.5, 0.6) is 0 Å². The summed E-state index contributed by atoms with van der Waals surface area (Å²) < 4.78 is 14.2. The summed E-state index contributed by atoms with van der Waals surface area (Å²) in [6, 6.07) is 13.4. The lowest BCUT2D eigenvalue weighted by atomic mass is 9.76. The Bertz CT molecular complexity index is 623. The first kappa shape index (κ1) is 15.0. The molecule has 0 spiro atoms. The fourth-order valence-corrected chi connectivity index (χ4v) is 3.24. The van der Waals surface area contributed by atoms with Crippen molar-refractivity contribution in [1.82, 2.24) is 5.32 Å². The van der Waals surface area contributed by atoms with E-state index in [4.69, 9.17) is 11.6 Å². The Morgan fingerprint density at radius 2 is 1.86 bits per heavy atom. The van der Waals surface area contributed by atoms with Crippen molar-refractivity contribution in [3.05, 3.63) is 68.9 Å². The van der Waals surface area contributed by atoms with Gasteiger partial charge in [0.25, 0.3) is 0 Å². The minimum absolute atomic E-state index is 0.192. The second kappa shape index (κ2) is 6.47. The Kier molecular flexibility index (Phi) is 4.63. The van der Waals surface area contributed by atoms with Gasteiger partial charge < -0.3 is 5.32 Å². The number of nitrogens with one attached hydrogen (secondary N) is 1. The molecule has 1 nitrogen and oxygen atoms in total. The molecule has 21 heavy (non-hydrogen) atoms. The number of benzene rings is 2. The van der Waals surface area contributed by atoms with Crippen molar-refractivity contribution in [3.63, 3.8) is 0 Å². The Morgan fingerprint density at radius 1 is 1.14 bits per heavy atom. The summed E-state index contributed by atoms with van der Waals surface area (Å²) in [5, 5.41) is 4.27. The molecular weight excluding hydrogens is 353 g/mol. The van der Waals surface area contributed by atoms with E-state index in [-0.39, 0.29) is 5.82 Å². The van der Waals surface area contributed by atoms with Gasteiger partial charge in [-0.1, -0.05) is 39.7 Å². The van der Waals surface area contributed by atoms with Crippen LogP contribution in [-0.2, 0) is 6.54 Å². The maximum Gasteiger partial charge on any atom is 0.123 e. The number of halogens is 3. The molecule has 0 aliphatic heterocycles. The molecule has 0 radical (unpaired) electrons. The SMILES string of the molecule is Fc1ccc(Br)c(CNC2CC(c3ccc(Cl)cc3)C2)c1. The molecule has 2 aromatic carbocycles. The number of hydrogen-bond acceptors (Lipinski definition) is 1. The highest BCUT2D eigenvalue weighted by atomic mass is 79.9. The molecule has 0 heterocycles. The molecule has 0 atom stereocenters. The van der Waals surface area contributed by atoms with Crippen LogP contribution in [0, 0.1) is 5.82 Å². The highest BCUT2D eigenvalue weighted by molar-refractivity contribution is 9.10. The first-order chi connectivity index (χ1) is 10.1. The maximum absolute atomic E-state index is 13.2. The minimum atomic E-state index is -0.192. The largest absolute Gasteiger partial charge is 0.310 e. The van der Waals surface area contributed by atoms with Gasteiger partial charge in [0.15, 0.2) is 0 Å². The van der Waals surface area contributed by atoms with Crippen molar-refractivity contribution >= 4 is 27.5 Å². The summed E-state index contributed by atoms with van der Waals surface area (Å²) in [4.78, 5) is 0. The molecule has 0 bridgehead atoms. The fourth-order valence-electron chi connectivity index (χ4n) is 2.72. The Morgan fingerprint density at radius 3 is 2.57 bits per heavy atom. The molecule has 1 aliphatic rings. The van der Waals surface area contributed by atoms with E-state index >= 15 is 0 Å². The van der Waals surface area contributed by atoms with E-state index in [0.717, 1.165) is 27.9 Å². The predicted molar refractivity (Wildman–Crippen MR) is 88.2 cm³/mol. The summed E-state index contributed by atoms with van der Waals surface area (Å²) in [5.74, 6) is 0.415. The zero-order valence-corrected chi connectivity index (χ0v) is 13.8. The van der Waals surface area contributed by atoms with Crippen LogP contribution < -0.4 is 5.32 Å².